The van der Waals surface area contributed by atoms with Gasteiger partial charge in [-0.15, -0.1) is 15.3 Å². The van der Waals surface area contributed by atoms with E-state index in [0.29, 0.717) is 0 Å². The molecule has 0 aliphatic carbocycles. The van der Waals surface area contributed by atoms with E-state index in [-0.39, 0.29) is 0 Å². The number of hydrogen-bond donors (Lipinski definition) is 0. The van der Waals surface area contributed by atoms with Crippen LogP contribution in [0.25, 0.3) is 0 Å². The fourth-order valence-electron chi connectivity index (χ4n) is 1.19. The van der Waals surface area contributed by atoms with Gasteiger partial charge in [-0.2, -0.15) is 0 Å². The second-order valence-electron chi connectivity index (χ2n) is 2.98. The zero-order valence-corrected chi connectivity index (χ0v) is 7.69. The second-order valence-corrected chi connectivity index (χ2v) is 2.98. The molecule has 0 atom stereocenters. The van der Waals surface area contributed by atoms with Gasteiger partial charge >= 0.3 is 0 Å². The molecule has 0 N–H and O–H groups in total. The highest BCUT2D eigenvalue weighted by atomic mass is 15.5. The van der Waals surface area contributed by atoms with Gasteiger partial charge in [-0.1, -0.05) is 0 Å². The van der Waals surface area contributed by atoms with E-state index in [9.17, 15) is 0 Å². The molecule has 0 aromatic carbocycles. The summed E-state index contributed by atoms with van der Waals surface area (Å²) in [6.07, 6.45) is 7.17. The van der Waals surface area contributed by atoms with Crippen molar-refractivity contribution in [2.24, 2.45) is 0 Å². The smallest absolute Gasteiger partial charge is 0.138 e. The maximum absolute atomic E-state index is 3.77. The van der Waals surface area contributed by atoms with Gasteiger partial charge in [-0.05, 0) is 23.3 Å². The molecule has 74 valence electrons. The maximum atomic E-state index is 3.77. The Bertz CT molecular complexity index is 302. The van der Waals surface area contributed by atoms with Crippen molar-refractivity contribution in [1.82, 2.24) is 35.0 Å². The van der Waals surface area contributed by atoms with Gasteiger partial charge in [-0.3, -0.25) is 0 Å². The van der Waals surface area contributed by atoms with Crippen molar-refractivity contribution in [3.05, 3.63) is 19.0 Å². The Morgan fingerprint density at radius 2 is 1.64 bits per heavy atom. The Kier molecular flexibility index (Phi) is 2.79. The molecular weight excluding hydrogens is 182 g/mol. The molecule has 0 saturated carbocycles. The van der Waals surface area contributed by atoms with Crippen molar-refractivity contribution >= 4 is 0 Å². The van der Waals surface area contributed by atoms with Gasteiger partial charge in [0.2, 0.25) is 0 Å². The van der Waals surface area contributed by atoms with E-state index in [2.05, 4.69) is 25.7 Å². The largest absolute Gasteiger partial charge is 0.320 e. The predicted octanol–water partition coefficient (Wildman–Crippen LogP) is -0.255. The third kappa shape index (κ3) is 2.35. The van der Waals surface area contributed by atoms with Crippen molar-refractivity contribution in [3.63, 3.8) is 0 Å². The van der Waals surface area contributed by atoms with E-state index in [1.165, 1.54) is 0 Å². The number of tetrazole rings is 1. The van der Waals surface area contributed by atoms with Crippen LogP contribution in [0, 0.1) is 0 Å². The molecule has 0 aliphatic heterocycles. The van der Waals surface area contributed by atoms with Crippen LogP contribution < -0.4 is 0 Å². The Balaban J connectivity index is 1.65. The summed E-state index contributed by atoms with van der Waals surface area (Å²) in [6.45, 7) is 1.80. The average molecular weight is 193 g/mol. The maximum Gasteiger partial charge on any atom is 0.138 e. The van der Waals surface area contributed by atoms with Crippen molar-refractivity contribution < 1.29 is 0 Å². The first-order chi connectivity index (χ1) is 6.95. The highest BCUT2D eigenvalue weighted by Gasteiger charge is 1.94. The zero-order chi connectivity index (χ0) is 9.64. The Hall–Kier alpha value is -1.79. The molecule has 0 aliphatic rings. The number of nitrogens with zero attached hydrogens (tertiary/aromatic N) is 7. The van der Waals surface area contributed by atoms with E-state index in [1.807, 2.05) is 4.57 Å². The lowest BCUT2D eigenvalue weighted by Crippen LogP contribution is -2.01. The van der Waals surface area contributed by atoms with Gasteiger partial charge in [-0.25, -0.2) is 4.68 Å². The Morgan fingerprint density at radius 1 is 0.857 bits per heavy atom. The molecule has 2 aromatic rings. The van der Waals surface area contributed by atoms with Crippen LogP contribution in [0.15, 0.2) is 19.0 Å². The quantitative estimate of drug-likeness (QED) is 0.612. The fraction of sp³-hybridized carbons (Fsp3) is 0.571. The third-order valence-corrected chi connectivity index (χ3v) is 1.91. The summed E-state index contributed by atoms with van der Waals surface area (Å²) in [4.78, 5) is 0. The van der Waals surface area contributed by atoms with E-state index in [0.717, 1.165) is 25.9 Å². The fourth-order valence-corrected chi connectivity index (χ4v) is 1.19. The van der Waals surface area contributed by atoms with E-state index in [4.69, 9.17) is 0 Å². The van der Waals surface area contributed by atoms with E-state index in [1.54, 1.807) is 23.7 Å². The van der Waals surface area contributed by atoms with Gasteiger partial charge in [0.05, 0.1) is 0 Å². The lowest BCUT2D eigenvalue weighted by atomic mass is 10.3. The Labute approximate surface area is 80.8 Å². The minimum atomic E-state index is 0.856. The summed E-state index contributed by atoms with van der Waals surface area (Å²) in [5.74, 6) is 0. The summed E-state index contributed by atoms with van der Waals surface area (Å²) < 4.78 is 3.69. The predicted molar refractivity (Wildman–Crippen MR) is 47.1 cm³/mol. The first-order valence-corrected chi connectivity index (χ1v) is 4.48. The summed E-state index contributed by atoms with van der Waals surface area (Å²) in [6, 6.07) is 0. The molecule has 0 fully saturated rings. The second kappa shape index (κ2) is 4.45. The number of aryl methyl sites for hydroxylation is 2. The van der Waals surface area contributed by atoms with Gasteiger partial charge in [0.25, 0.3) is 0 Å². The molecule has 2 rings (SSSR count). The van der Waals surface area contributed by atoms with Crippen LogP contribution in [0.2, 0.25) is 0 Å². The topological polar surface area (TPSA) is 74.3 Å². The average Bonchev–Trinajstić information content (AvgIpc) is 2.86. The molecule has 14 heavy (non-hydrogen) atoms. The SMILES string of the molecule is c1nncn1CCCCn1cnnn1. The van der Waals surface area contributed by atoms with Crippen LogP contribution in [0.5, 0.6) is 0 Å². The summed E-state index contributed by atoms with van der Waals surface area (Å²) in [5.41, 5.74) is 0. The van der Waals surface area contributed by atoms with Crippen molar-refractivity contribution in [2.45, 2.75) is 25.9 Å². The zero-order valence-electron chi connectivity index (χ0n) is 7.69. The molecule has 0 saturated heterocycles. The molecular formula is C7H11N7. The number of unbranched alkanes of at least 4 members (excludes halogenated alkanes) is 1. The normalized spacial score (nSPS) is 10.6. The highest BCUT2D eigenvalue weighted by molar-refractivity contribution is 4.59. The molecule has 7 nitrogen and oxygen atoms in total. The molecule has 2 heterocycles. The monoisotopic (exact) mass is 193 g/mol. The first kappa shape index (κ1) is 8.79. The number of rotatable bonds is 5. The van der Waals surface area contributed by atoms with Crippen molar-refractivity contribution in [2.75, 3.05) is 0 Å². The van der Waals surface area contributed by atoms with Gasteiger partial charge in [0.15, 0.2) is 0 Å². The van der Waals surface area contributed by atoms with Gasteiger partial charge < -0.3 is 4.57 Å². The van der Waals surface area contributed by atoms with Crippen LogP contribution in [0.3, 0.4) is 0 Å². The van der Waals surface area contributed by atoms with Gasteiger partial charge in [0.1, 0.15) is 19.0 Å². The van der Waals surface area contributed by atoms with Crippen LogP contribution in [0.4, 0.5) is 0 Å². The highest BCUT2D eigenvalue weighted by Crippen LogP contribution is 1.95. The van der Waals surface area contributed by atoms with Crippen molar-refractivity contribution in [1.29, 1.82) is 0 Å². The van der Waals surface area contributed by atoms with E-state index >= 15 is 0 Å². The molecule has 0 bridgehead atoms. The molecule has 2 aromatic heterocycles. The minimum Gasteiger partial charge on any atom is -0.320 e. The minimum absolute atomic E-state index is 0.856. The lowest BCUT2D eigenvalue weighted by molar-refractivity contribution is 0.511. The molecule has 7 heteroatoms. The lowest BCUT2D eigenvalue weighted by Gasteiger charge is -2.00. The number of hydrogen-bond acceptors (Lipinski definition) is 5. The number of aromatic nitrogens is 7. The van der Waals surface area contributed by atoms with Crippen LogP contribution in [0.1, 0.15) is 12.8 Å². The van der Waals surface area contributed by atoms with E-state index < -0.39 is 0 Å². The van der Waals surface area contributed by atoms with Crippen molar-refractivity contribution in [3.8, 4) is 0 Å². The third-order valence-electron chi connectivity index (χ3n) is 1.91. The first-order valence-electron chi connectivity index (χ1n) is 4.48. The summed E-state index contributed by atoms with van der Waals surface area (Å²) in [5, 5.41) is 18.3. The summed E-state index contributed by atoms with van der Waals surface area (Å²) >= 11 is 0. The molecule has 0 spiro atoms. The van der Waals surface area contributed by atoms with Crippen LogP contribution >= 0.6 is 0 Å². The summed E-state index contributed by atoms with van der Waals surface area (Å²) in [7, 11) is 0. The van der Waals surface area contributed by atoms with Crippen LogP contribution in [-0.4, -0.2) is 35.0 Å². The molecule has 0 amide bonds. The molecule has 0 radical (unpaired) electrons. The standard InChI is InChI=1S/C7H11N7/c1(3-13-5-8-9-6-13)2-4-14-7-10-11-12-14/h5-7H,1-4H2. The molecule has 0 unspecified atom stereocenters. The van der Waals surface area contributed by atoms with Crippen LogP contribution in [-0.2, 0) is 13.1 Å². The van der Waals surface area contributed by atoms with Gasteiger partial charge in [0, 0.05) is 13.1 Å². The Morgan fingerprint density at radius 3 is 2.36 bits per heavy atom.